The molecule has 0 saturated carbocycles. The standard InChI is InChI=1S/C7H14N4O3S/c1-4-11-6(5(2)14-3)9-10-7(11)15(8,12)13/h5H,4H2,1-3H3,(H2,8,12,13). The van der Waals surface area contributed by atoms with Crippen LogP contribution >= 0.6 is 0 Å². The molecule has 7 nitrogen and oxygen atoms in total. The van der Waals surface area contributed by atoms with Crippen LogP contribution in [-0.2, 0) is 21.3 Å². The van der Waals surface area contributed by atoms with Gasteiger partial charge in [-0.2, -0.15) is 0 Å². The Morgan fingerprint density at radius 1 is 1.53 bits per heavy atom. The second-order valence-electron chi connectivity index (χ2n) is 3.01. The fraction of sp³-hybridized carbons (Fsp3) is 0.714. The lowest BCUT2D eigenvalue weighted by atomic mass is 10.4. The summed E-state index contributed by atoms with van der Waals surface area (Å²) in [5.41, 5.74) is 0. The van der Waals surface area contributed by atoms with E-state index in [4.69, 9.17) is 9.88 Å². The Labute approximate surface area is 88.3 Å². The van der Waals surface area contributed by atoms with Gasteiger partial charge in [0.25, 0.3) is 15.2 Å². The summed E-state index contributed by atoms with van der Waals surface area (Å²) in [6.45, 7) is 3.95. The topological polar surface area (TPSA) is 100 Å². The molecule has 0 aliphatic heterocycles. The van der Waals surface area contributed by atoms with E-state index in [2.05, 4.69) is 10.2 Å². The number of nitrogens with zero attached hydrogens (tertiary/aromatic N) is 3. The third-order valence-corrected chi connectivity index (χ3v) is 2.84. The molecule has 8 heteroatoms. The van der Waals surface area contributed by atoms with Crippen LogP contribution in [0.3, 0.4) is 0 Å². The quantitative estimate of drug-likeness (QED) is 0.767. The van der Waals surface area contributed by atoms with Crippen LogP contribution in [0.15, 0.2) is 5.16 Å². The molecule has 0 spiro atoms. The number of hydrogen-bond donors (Lipinski definition) is 1. The van der Waals surface area contributed by atoms with Crippen LogP contribution in [0.5, 0.6) is 0 Å². The average molecular weight is 234 g/mol. The molecule has 0 bridgehead atoms. The molecule has 15 heavy (non-hydrogen) atoms. The summed E-state index contributed by atoms with van der Waals surface area (Å²) >= 11 is 0. The molecule has 1 atom stereocenters. The van der Waals surface area contributed by atoms with Crippen LogP contribution < -0.4 is 5.14 Å². The summed E-state index contributed by atoms with van der Waals surface area (Å²) in [5, 5.41) is 12.1. The predicted octanol–water partition coefficient (Wildman–Crippen LogP) is -0.347. The van der Waals surface area contributed by atoms with Crippen LogP contribution in [0.1, 0.15) is 25.8 Å². The van der Waals surface area contributed by atoms with Gasteiger partial charge >= 0.3 is 0 Å². The van der Waals surface area contributed by atoms with E-state index in [0.29, 0.717) is 12.4 Å². The Morgan fingerprint density at radius 2 is 2.13 bits per heavy atom. The summed E-state index contributed by atoms with van der Waals surface area (Å²) in [6, 6.07) is 0. The van der Waals surface area contributed by atoms with Crippen molar-refractivity contribution in [2.75, 3.05) is 7.11 Å². The molecule has 1 aromatic rings. The molecule has 1 aromatic heterocycles. The van der Waals surface area contributed by atoms with E-state index >= 15 is 0 Å². The number of aromatic nitrogens is 3. The van der Waals surface area contributed by atoms with E-state index in [1.165, 1.54) is 11.7 Å². The SMILES string of the molecule is CCn1c(C(C)OC)nnc1S(N)(=O)=O. The van der Waals surface area contributed by atoms with Gasteiger partial charge < -0.3 is 4.74 Å². The lowest BCUT2D eigenvalue weighted by Gasteiger charge is -2.10. The first-order valence-corrected chi connectivity index (χ1v) is 5.95. The zero-order valence-corrected chi connectivity index (χ0v) is 9.65. The lowest BCUT2D eigenvalue weighted by Crippen LogP contribution is -2.19. The molecular formula is C7H14N4O3S. The zero-order valence-electron chi connectivity index (χ0n) is 8.84. The summed E-state index contributed by atoms with van der Waals surface area (Å²) in [7, 11) is -2.32. The Balaban J connectivity index is 3.30. The number of primary sulfonamides is 1. The number of methoxy groups -OCH3 is 1. The van der Waals surface area contributed by atoms with Gasteiger partial charge in [0, 0.05) is 13.7 Å². The molecule has 0 aliphatic carbocycles. The molecule has 0 aromatic carbocycles. The first kappa shape index (κ1) is 12.1. The highest BCUT2D eigenvalue weighted by atomic mass is 32.2. The second-order valence-corrected chi connectivity index (χ2v) is 4.46. The van der Waals surface area contributed by atoms with Crippen LogP contribution in [0.25, 0.3) is 0 Å². The molecule has 1 rings (SSSR count). The van der Waals surface area contributed by atoms with Crippen LogP contribution in [-0.4, -0.2) is 30.3 Å². The minimum absolute atomic E-state index is 0.232. The van der Waals surface area contributed by atoms with Gasteiger partial charge in [0.15, 0.2) is 5.82 Å². The highest BCUT2D eigenvalue weighted by Gasteiger charge is 2.22. The van der Waals surface area contributed by atoms with Gasteiger partial charge in [-0.1, -0.05) is 0 Å². The average Bonchev–Trinajstić information content (AvgIpc) is 2.59. The van der Waals surface area contributed by atoms with Crippen molar-refractivity contribution in [1.82, 2.24) is 14.8 Å². The summed E-state index contributed by atoms with van der Waals surface area (Å²) in [5.74, 6) is 0.448. The molecule has 86 valence electrons. The van der Waals surface area contributed by atoms with Gasteiger partial charge in [-0.3, -0.25) is 4.57 Å². The van der Waals surface area contributed by atoms with E-state index in [1.807, 2.05) is 0 Å². The van der Waals surface area contributed by atoms with Crippen LogP contribution in [0, 0.1) is 0 Å². The smallest absolute Gasteiger partial charge is 0.273 e. The Bertz CT molecular complexity index is 439. The molecule has 0 radical (unpaired) electrons. The van der Waals surface area contributed by atoms with Crippen molar-refractivity contribution in [1.29, 1.82) is 0 Å². The highest BCUT2D eigenvalue weighted by Crippen LogP contribution is 2.16. The van der Waals surface area contributed by atoms with E-state index in [0.717, 1.165) is 0 Å². The van der Waals surface area contributed by atoms with Gasteiger partial charge in [-0.25, -0.2) is 13.6 Å². The van der Waals surface area contributed by atoms with Crippen molar-refractivity contribution in [2.24, 2.45) is 5.14 Å². The second kappa shape index (κ2) is 4.25. The minimum atomic E-state index is -3.83. The van der Waals surface area contributed by atoms with E-state index in [1.54, 1.807) is 13.8 Å². The monoisotopic (exact) mass is 234 g/mol. The number of ether oxygens (including phenoxy) is 1. The predicted molar refractivity (Wildman–Crippen MR) is 52.5 cm³/mol. The number of rotatable bonds is 4. The van der Waals surface area contributed by atoms with Crippen LogP contribution in [0.2, 0.25) is 0 Å². The van der Waals surface area contributed by atoms with Crippen molar-refractivity contribution in [3.8, 4) is 0 Å². The molecule has 1 unspecified atom stereocenters. The minimum Gasteiger partial charge on any atom is -0.374 e. The summed E-state index contributed by atoms with van der Waals surface area (Å²) in [4.78, 5) is 0. The number of nitrogens with two attached hydrogens (primary N) is 1. The lowest BCUT2D eigenvalue weighted by molar-refractivity contribution is 0.108. The molecule has 0 amide bonds. The molecular weight excluding hydrogens is 220 g/mol. The van der Waals surface area contributed by atoms with Crippen molar-refractivity contribution in [3.63, 3.8) is 0 Å². The Morgan fingerprint density at radius 3 is 2.53 bits per heavy atom. The van der Waals surface area contributed by atoms with Gasteiger partial charge in [0.2, 0.25) is 0 Å². The fourth-order valence-corrected chi connectivity index (χ4v) is 1.90. The molecule has 0 fully saturated rings. The maximum absolute atomic E-state index is 11.2. The Hall–Kier alpha value is -0.990. The number of hydrogen-bond acceptors (Lipinski definition) is 5. The maximum Gasteiger partial charge on any atom is 0.273 e. The van der Waals surface area contributed by atoms with Crippen molar-refractivity contribution in [3.05, 3.63) is 5.82 Å². The largest absolute Gasteiger partial charge is 0.374 e. The maximum atomic E-state index is 11.2. The van der Waals surface area contributed by atoms with Gasteiger partial charge in [0.05, 0.1) is 0 Å². The third-order valence-electron chi connectivity index (χ3n) is 2.03. The van der Waals surface area contributed by atoms with Crippen molar-refractivity contribution < 1.29 is 13.2 Å². The van der Waals surface area contributed by atoms with E-state index in [-0.39, 0.29) is 11.3 Å². The van der Waals surface area contributed by atoms with Gasteiger partial charge in [0.1, 0.15) is 6.10 Å². The van der Waals surface area contributed by atoms with E-state index < -0.39 is 10.0 Å². The molecule has 0 aliphatic rings. The molecule has 2 N–H and O–H groups in total. The van der Waals surface area contributed by atoms with Crippen molar-refractivity contribution >= 4 is 10.0 Å². The van der Waals surface area contributed by atoms with Gasteiger partial charge in [-0.15, -0.1) is 10.2 Å². The summed E-state index contributed by atoms with van der Waals surface area (Å²) < 4.78 is 28.8. The normalized spacial score (nSPS) is 14.1. The summed E-state index contributed by atoms with van der Waals surface area (Å²) in [6.07, 6.45) is -0.326. The highest BCUT2D eigenvalue weighted by molar-refractivity contribution is 7.89. The first-order valence-electron chi connectivity index (χ1n) is 4.40. The third kappa shape index (κ3) is 2.33. The van der Waals surface area contributed by atoms with Gasteiger partial charge in [-0.05, 0) is 13.8 Å². The Kier molecular flexibility index (Phi) is 3.42. The first-order chi connectivity index (χ1) is 6.91. The molecule has 1 heterocycles. The fourth-order valence-electron chi connectivity index (χ4n) is 1.21. The van der Waals surface area contributed by atoms with Crippen molar-refractivity contribution in [2.45, 2.75) is 31.7 Å². The van der Waals surface area contributed by atoms with E-state index in [9.17, 15) is 8.42 Å². The zero-order chi connectivity index (χ0) is 11.6. The van der Waals surface area contributed by atoms with Crippen LogP contribution in [0.4, 0.5) is 0 Å². The number of sulfonamides is 1. The molecule has 0 saturated heterocycles.